The van der Waals surface area contributed by atoms with Gasteiger partial charge in [0.25, 0.3) is 5.91 Å². The van der Waals surface area contributed by atoms with Crippen molar-refractivity contribution in [1.29, 1.82) is 0 Å². The summed E-state index contributed by atoms with van der Waals surface area (Å²) in [6.07, 6.45) is 0.690. The topological polar surface area (TPSA) is 98.5 Å². The van der Waals surface area contributed by atoms with E-state index in [0.717, 1.165) is 0 Å². The van der Waals surface area contributed by atoms with Crippen molar-refractivity contribution in [1.82, 2.24) is 5.32 Å². The molecule has 0 bridgehead atoms. The SMILES string of the molecule is COCCCNC(=O)c1cc(C)c(C)c(S(N)(=O)=O)c1. The van der Waals surface area contributed by atoms with Crippen LogP contribution in [0.3, 0.4) is 0 Å². The van der Waals surface area contributed by atoms with Crippen LogP contribution >= 0.6 is 0 Å². The summed E-state index contributed by atoms with van der Waals surface area (Å²) in [6.45, 7) is 4.42. The molecule has 0 saturated carbocycles. The van der Waals surface area contributed by atoms with Gasteiger partial charge in [0.1, 0.15) is 0 Å². The van der Waals surface area contributed by atoms with Gasteiger partial charge in [0.05, 0.1) is 4.90 Å². The Bertz CT molecular complexity index is 597. The lowest BCUT2D eigenvalue weighted by Gasteiger charge is -2.11. The molecule has 1 aromatic rings. The molecule has 0 unspecified atom stereocenters. The summed E-state index contributed by atoms with van der Waals surface area (Å²) in [5.74, 6) is -0.325. The molecule has 7 heteroatoms. The Labute approximate surface area is 119 Å². The van der Waals surface area contributed by atoms with Crippen LogP contribution in [0.4, 0.5) is 0 Å². The highest BCUT2D eigenvalue weighted by Crippen LogP contribution is 2.20. The van der Waals surface area contributed by atoms with E-state index in [-0.39, 0.29) is 16.4 Å². The largest absolute Gasteiger partial charge is 0.385 e. The number of carbonyl (C=O) groups is 1. The van der Waals surface area contributed by atoms with Gasteiger partial charge < -0.3 is 10.1 Å². The van der Waals surface area contributed by atoms with Crippen LogP contribution in [0.15, 0.2) is 17.0 Å². The Kier molecular flexibility index (Phi) is 5.67. The van der Waals surface area contributed by atoms with Crippen molar-refractivity contribution in [3.8, 4) is 0 Å². The number of nitrogens with one attached hydrogen (secondary N) is 1. The Morgan fingerprint density at radius 1 is 1.35 bits per heavy atom. The van der Waals surface area contributed by atoms with Crippen molar-refractivity contribution in [3.05, 3.63) is 28.8 Å². The number of benzene rings is 1. The highest BCUT2D eigenvalue weighted by molar-refractivity contribution is 7.89. The van der Waals surface area contributed by atoms with Gasteiger partial charge in [-0.1, -0.05) is 0 Å². The predicted molar refractivity (Wildman–Crippen MR) is 76.1 cm³/mol. The molecule has 1 rings (SSSR count). The molecule has 0 aliphatic carbocycles. The molecule has 0 atom stereocenters. The monoisotopic (exact) mass is 300 g/mol. The van der Waals surface area contributed by atoms with Crippen molar-refractivity contribution >= 4 is 15.9 Å². The van der Waals surface area contributed by atoms with Gasteiger partial charge >= 0.3 is 0 Å². The molecule has 0 aliphatic heterocycles. The van der Waals surface area contributed by atoms with Gasteiger partial charge in [-0.25, -0.2) is 13.6 Å². The zero-order chi connectivity index (χ0) is 15.3. The second-order valence-electron chi connectivity index (χ2n) is 4.56. The van der Waals surface area contributed by atoms with Gasteiger partial charge in [-0.2, -0.15) is 0 Å². The average Bonchev–Trinajstić information content (AvgIpc) is 2.36. The number of primary sulfonamides is 1. The van der Waals surface area contributed by atoms with Crippen molar-refractivity contribution < 1.29 is 17.9 Å². The average molecular weight is 300 g/mol. The van der Waals surface area contributed by atoms with E-state index < -0.39 is 10.0 Å². The van der Waals surface area contributed by atoms with E-state index in [1.54, 1.807) is 27.0 Å². The number of ether oxygens (including phenoxy) is 1. The first-order valence-corrected chi connectivity index (χ1v) is 7.73. The van der Waals surface area contributed by atoms with E-state index in [1.807, 2.05) is 0 Å². The maximum Gasteiger partial charge on any atom is 0.251 e. The van der Waals surface area contributed by atoms with E-state index in [9.17, 15) is 13.2 Å². The summed E-state index contributed by atoms with van der Waals surface area (Å²) in [7, 11) is -2.25. The molecule has 0 aliphatic rings. The maximum absolute atomic E-state index is 12.0. The van der Waals surface area contributed by atoms with Gasteiger partial charge in [-0.15, -0.1) is 0 Å². The zero-order valence-corrected chi connectivity index (χ0v) is 12.7. The Hall–Kier alpha value is -1.44. The van der Waals surface area contributed by atoms with E-state index in [1.165, 1.54) is 6.07 Å². The summed E-state index contributed by atoms with van der Waals surface area (Å²) in [4.78, 5) is 11.9. The molecule has 0 spiro atoms. The number of amides is 1. The van der Waals surface area contributed by atoms with Crippen molar-refractivity contribution in [2.75, 3.05) is 20.3 Å². The number of hydrogen-bond acceptors (Lipinski definition) is 4. The van der Waals surface area contributed by atoms with E-state index in [0.29, 0.717) is 30.7 Å². The normalized spacial score (nSPS) is 11.4. The van der Waals surface area contributed by atoms with Crippen molar-refractivity contribution in [2.24, 2.45) is 5.14 Å². The van der Waals surface area contributed by atoms with Gasteiger partial charge in [0, 0.05) is 25.8 Å². The second kappa shape index (κ2) is 6.83. The summed E-state index contributed by atoms with van der Waals surface area (Å²) >= 11 is 0. The van der Waals surface area contributed by atoms with Gasteiger partial charge in [-0.05, 0) is 43.5 Å². The Balaban J connectivity index is 2.97. The minimum absolute atomic E-state index is 0.0143. The van der Waals surface area contributed by atoms with Crippen LogP contribution in [0.5, 0.6) is 0 Å². The summed E-state index contributed by atoms with van der Waals surface area (Å²) in [6, 6.07) is 2.96. The van der Waals surface area contributed by atoms with E-state index in [2.05, 4.69) is 5.32 Å². The lowest BCUT2D eigenvalue weighted by atomic mass is 10.1. The fourth-order valence-electron chi connectivity index (χ4n) is 1.77. The van der Waals surface area contributed by atoms with Crippen LogP contribution in [0.25, 0.3) is 0 Å². The van der Waals surface area contributed by atoms with Crippen LogP contribution in [0.2, 0.25) is 0 Å². The fraction of sp³-hybridized carbons (Fsp3) is 0.462. The third-order valence-corrected chi connectivity index (χ3v) is 4.04. The second-order valence-corrected chi connectivity index (χ2v) is 6.09. The van der Waals surface area contributed by atoms with E-state index >= 15 is 0 Å². The zero-order valence-electron chi connectivity index (χ0n) is 11.9. The number of hydrogen-bond donors (Lipinski definition) is 2. The first-order chi connectivity index (χ1) is 9.27. The number of methoxy groups -OCH3 is 1. The number of sulfonamides is 1. The molecule has 1 amide bonds. The van der Waals surface area contributed by atoms with Crippen LogP contribution in [-0.2, 0) is 14.8 Å². The molecule has 0 saturated heterocycles. The molecule has 1 aromatic carbocycles. The summed E-state index contributed by atoms with van der Waals surface area (Å²) in [5.41, 5.74) is 1.55. The smallest absolute Gasteiger partial charge is 0.251 e. The number of carbonyl (C=O) groups excluding carboxylic acids is 1. The first-order valence-electron chi connectivity index (χ1n) is 6.18. The van der Waals surface area contributed by atoms with Crippen LogP contribution in [-0.4, -0.2) is 34.6 Å². The molecule has 0 heterocycles. The molecule has 0 radical (unpaired) electrons. The first kappa shape index (κ1) is 16.6. The predicted octanol–water partition coefficient (Wildman–Crippen LogP) is 0.717. The van der Waals surface area contributed by atoms with E-state index in [4.69, 9.17) is 9.88 Å². The van der Waals surface area contributed by atoms with Crippen LogP contribution in [0.1, 0.15) is 27.9 Å². The third kappa shape index (κ3) is 4.29. The maximum atomic E-state index is 12.0. The van der Waals surface area contributed by atoms with Gasteiger partial charge in [0.15, 0.2) is 0 Å². The molecular formula is C13H20N2O4S. The summed E-state index contributed by atoms with van der Waals surface area (Å²) in [5, 5.41) is 7.86. The lowest BCUT2D eigenvalue weighted by molar-refractivity contribution is 0.0948. The lowest BCUT2D eigenvalue weighted by Crippen LogP contribution is -2.26. The quantitative estimate of drug-likeness (QED) is 0.756. The van der Waals surface area contributed by atoms with Gasteiger partial charge in [-0.3, -0.25) is 4.79 Å². The highest BCUT2D eigenvalue weighted by Gasteiger charge is 2.17. The Morgan fingerprint density at radius 2 is 2.00 bits per heavy atom. The van der Waals surface area contributed by atoms with Gasteiger partial charge in [0.2, 0.25) is 10.0 Å². The van der Waals surface area contributed by atoms with Crippen molar-refractivity contribution in [3.63, 3.8) is 0 Å². The fourth-order valence-corrected chi connectivity index (χ4v) is 2.65. The van der Waals surface area contributed by atoms with Crippen molar-refractivity contribution in [2.45, 2.75) is 25.2 Å². The molecule has 3 N–H and O–H groups in total. The third-order valence-electron chi connectivity index (χ3n) is 3.00. The molecule has 6 nitrogen and oxygen atoms in total. The molecule has 112 valence electrons. The summed E-state index contributed by atoms with van der Waals surface area (Å²) < 4.78 is 27.9. The molecule has 0 fully saturated rings. The minimum Gasteiger partial charge on any atom is -0.385 e. The number of aryl methyl sites for hydroxylation is 1. The van der Waals surface area contributed by atoms with Crippen LogP contribution < -0.4 is 10.5 Å². The number of rotatable bonds is 6. The molecule has 20 heavy (non-hydrogen) atoms. The Morgan fingerprint density at radius 3 is 2.55 bits per heavy atom. The highest BCUT2D eigenvalue weighted by atomic mass is 32.2. The van der Waals surface area contributed by atoms with Crippen LogP contribution in [0, 0.1) is 13.8 Å². The minimum atomic E-state index is -3.84. The molecular weight excluding hydrogens is 280 g/mol. The number of nitrogens with two attached hydrogens (primary N) is 1. The standard InChI is InChI=1S/C13H20N2O4S/c1-9-7-11(13(16)15-5-4-6-19-3)8-12(10(9)2)20(14,17)18/h7-8H,4-6H2,1-3H3,(H,15,16)(H2,14,17,18). The molecule has 0 aromatic heterocycles.